The van der Waals surface area contributed by atoms with E-state index in [-0.39, 0.29) is 0 Å². The van der Waals surface area contributed by atoms with Gasteiger partial charge in [-0.25, -0.2) is 15.0 Å². The van der Waals surface area contributed by atoms with Gasteiger partial charge in [-0.3, -0.25) is 0 Å². The van der Waals surface area contributed by atoms with Crippen LogP contribution in [0.15, 0.2) is 133 Å². The number of rotatable bonds is 4. The van der Waals surface area contributed by atoms with Crippen molar-refractivity contribution in [2.24, 2.45) is 0 Å². The molecule has 0 saturated carbocycles. The Morgan fingerprint density at radius 1 is 0.488 bits per heavy atom. The number of hydrogen-bond acceptors (Lipinski definition) is 5. The maximum absolute atomic E-state index is 5.00. The minimum atomic E-state index is 0.669. The van der Waals surface area contributed by atoms with Crippen LogP contribution in [-0.2, 0) is 0 Å². The molecule has 0 aliphatic heterocycles. The van der Waals surface area contributed by atoms with Gasteiger partial charge in [-0.2, -0.15) is 0 Å². The van der Waals surface area contributed by atoms with Crippen molar-refractivity contribution in [3.8, 4) is 39.9 Å². The first-order valence-electron chi connectivity index (χ1n) is 14.1. The highest BCUT2D eigenvalue weighted by molar-refractivity contribution is 7.45. The van der Waals surface area contributed by atoms with Gasteiger partial charge < -0.3 is 4.57 Å². The largest absolute Gasteiger partial charge is 0.308 e. The fraction of sp³-hybridized carbons (Fsp3) is 0. The standard InChI is InChI=1S/C37H22N4S2/c1-4-12-23(13-5-1)34-38-35(24-14-6-2-7-15-24)40-36(39-34)25-20-21-30-28(22-25)31-32-33(43-37(31)42-30)27-18-10-11-19-29(27)41(32)26-16-8-3-9-17-26/h1-22H. The molecule has 4 nitrogen and oxygen atoms in total. The van der Waals surface area contributed by atoms with E-state index in [1.54, 1.807) is 0 Å². The van der Waals surface area contributed by atoms with Crippen LogP contribution in [0.2, 0.25) is 0 Å². The molecule has 4 heterocycles. The van der Waals surface area contributed by atoms with Crippen LogP contribution in [0.1, 0.15) is 0 Å². The topological polar surface area (TPSA) is 43.6 Å². The molecule has 9 rings (SSSR count). The van der Waals surface area contributed by atoms with Gasteiger partial charge in [0.05, 0.1) is 19.7 Å². The minimum absolute atomic E-state index is 0.669. The molecule has 0 amide bonds. The van der Waals surface area contributed by atoms with Gasteiger partial charge in [-0.15, -0.1) is 22.7 Å². The number of benzene rings is 5. The molecular weight excluding hydrogens is 565 g/mol. The first-order chi connectivity index (χ1) is 21.3. The van der Waals surface area contributed by atoms with Crippen LogP contribution in [0.4, 0.5) is 0 Å². The SMILES string of the molecule is c1ccc(-c2nc(-c3ccccc3)nc(-c3ccc4sc5sc6c7ccccc7n(-c7ccccc7)c6c5c4c3)n2)cc1. The van der Waals surface area contributed by atoms with Gasteiger partial charge in [-0.1, -0.05) is 97.1 Å². The van der Waals surface area contributed by atoms with E-state index in [9.17, 15) is 0 Å². The van der Waals surface area contributed by atoms with Crippen molar-refractivity contribution >= 4 is 63.3 Å². The average Bonchev–Trinajstić information content (AvgIpc) is 3.72. The number of para-hydroxylation sites is 2. The predicted molar refractivity (Wildman–Crippen MR) is 181 cm³/mol. The Bertz CT molecular complexity index is 2380. The molecule has 0 aliphatic carbocycles. The summed E-state index contributed by atoms with van der Waals surface area (Å²) in [4.78, 5) is 14.9. The molecule has 0 bridgehead atoms. The van der Waals surface area contributed by atoms with E-state index in [2.05, 4.69) is 77.4 Å². The minimum Gasteiger partial charge on any atom is -0.308 e. The molecule has 5 aromatic carbocycles. The second-order valence-electron chi connectivity index (χ2n) is 10.5. The van der Waals surface area contributed by atoms with E-state index in [0.717, 1.165) is 16.7 Å². The summed E-state index contributed by atoms with van der Waals surface area (Å²) in [7, 11) is 0. The van der Waals surface area contributed by atoms with Gasteiger partial charge in [0.1, 0.15) is 0 Å². The van der Waals surface area contributed by atoms with E-state index < -0.39 is 0 Å². The van der Waals surface area contributed by atoms with Crippen molar-refractivity contribution in [3.63, 3.8) is 0 Å². The average molecular weight is 587 g/mol. The van der Waals surface area contributed by atoms with E-state index >= 15 is 0 Å². The number of thiophene rings is 2. The number of aromatic nitrogens is 4. The van der Waals surface area contributed by atoms with Gasteiger partial charge in [0, 0.05) is 43.2 Å². The molecule has 0 aliphatic rings. The molecule has 6 heteroatoms. The Balaban J connectivity index is 1.32. The molecule has 0 spiro atoms. The lowest BCUT2D eigenvalue weighted by atomic mass is 10.1. The summed E-state index contributed by atoms with van der Waals surface area (Å²) in [6.07, 6.45) is 0. The van der Waals surface area contributed by atoms with E-state index in [1.165, 1.54) is 46.3 Å². The summed E-state index contributed by atoms with van der Waals surface area (Å²) in [5, 5.41) is 3.81. The van der Waals surface area contributed by atoms with Crippen LogP contribution >= 0.6 is 22.7 Å². The Kier molecular flexibility index (Phi) is 5.51. The lowest BCUT2D eigenvalue weighted by Gasteiger charge is -2.09. The van der Waals surface area contributed by atoms with Crippen molar-refractivity contribution in [2.45, 2.75) is 0 Å². The quantitative estimate of drug-likeness (QED) is 0.206. The first kappa shape index (κ1) is 24.4. The fourth-order valence-corrected chi connectivity index (χ4v) is 8.59. The fourth-order valence-electron chi connectivity index (χ4n) is 5.92. The van der Waals surface area contributed by atoms with E-state index in [1.807, 2.05) is 83.3 Å². The third kappa shape index (κ3) is 3.91. The summed E-state index contributed by atoms with van der Waals surface area (Å²) in [6, 6.07) is 46.3. The van der Waals surface area contributed by atoms with Gasteiger partial charge in [-0.05, 0) is 36.4 Å². The van der Waals surface area contributed by atoms with Crippen LogP contribution in [-0.4, -0.2) is 19.5 Å². The molecule has 0 saturated heterocycles. The van der Waals surface area contributed by atoms with Gasteiger partial charge >= 0.3 is 0 Å². The summed E-state index contributed by atoms with van der Waals surface area (Å²) in [5.41, 5.74) is 6.57. The van der Waals surface area contributed by atoms with Crippen LogP contribution in [0.3, 0.4) is 0 Å². The van der Waals surface area contributed by atoms with Gasteiger partial charge in [0.25, 0.3) is 0 Å². The van der Waals surface area contributed by atoms with Crippen molar-refractivity contribution in [3.05, 3.63) is 133 Å². The van der Waals surface area contributed by atoms with Crippen LogP contribution in [0, 0.1) is 0 Å². The molecule has 4 aromatic heterocycles. The number of hydrogen-bond donors (Lipinski definition) is 0. The number of fused-ring (bicyclic) bond motifs is 7. The van der Waals surface area contributed by atoms with Crippen molar-refractivity contribution in [1.29, 1.82) is 0 Å². The first-order valence-corrected chi connectivity index (χ1v) is 15.8. The smallest absolute Gasteiger partial charge is 0.164 e. The Morgan fingerprint density at radius 3 is 1.74 bits per heavy atom. The Hall–Kier alpha value is -5.17. The number of nitrogens with zero attached hydrogens (tertiary/aromatic N) is 4. The van der Waals surface area contributed by atoms with E-state index in [0.29, 0.717) is 17.5 Å². The van der Waals surface area contributed by atoms with Crippen LogP contribution < -0.4 is 0 Å². The maximum atomic E-state index is 5.00. The molecule has 0 N–H and O–H groups in total. The van der Waals surface area contributed by atoms with E-state index in [4.69, 9.17) is 15.0 Å². The normalized spacial score (nSPS) is 11.7. The molecular formula is C37H22N4S2. The third-order valence-electron chi connectivity index (χ3n) is 7.89. The highest BCUT2D eigenvalue weighted by Crippen LogP contribution is 2.49. The lowest BCUT2D eigenvalue weighted by Crippen LogP contribution is -2.00. The van der Waals surface area contributed by atoms with Gasteiger partial charge in [0.2, 0.25) is 0 Å². The summed E-state index contributed by atoms with van der Waals surface area (Å²) in [5.74, 6) is 2.01. The van der Waals surface area contributed by atoms with Crippen LogP contribution in [0.25, 0.3) is 80.5 Å². The molecule has 0 fully saturated rings. The zero-order valence-corrected chi connectivity index (χ0v) is 24.4. The van der Waals surface area contributed by atoms with Crippen molar-refractivity contribution in [1.82, 2.24) is 19.5 Å². The molecule has 0 radical (unpaired) electrons. The highest BCUT2D eigenvalue weighted by atomic mass is 32.2. The summed E-state index contributed by atoms with van der Waals surface area (Å²) < 4.78 is 6.34. The molecule has 43 heavy (non-hydrogen) atoms. The molecule has 9 aromatic rings. The monoisotopic (exact) mass is 586 g/mol. The van der Waals surface area contributed by atoms with Crippen molar-refractivity contribution < 1.29 is 0 Å². The molecule has 0 atom stereocenters. The Labute approximate surface area is 255 Å². The molecule has 0 unspecified atom stereocenters. The second-order valence-corrected chi connectivity index (χ2v) is 12.8. The molecule has 202 valence electrons. The van der Waals surface area contributed by atoms with Crippen LogP contribution in [0.5, 0.6) is 0 Å². The highest BCUT2D eigenvalue weighted by Gasteiger charge is 2.22. The predicted octanol–water partition coefficient (Wildman–Crippen LogP) is 10.4. The van der Waals surface area contributed by atoms with Crippen molar-refractivity contribution in [2.75, 3.05) is 0 Å². The third-order valence-corrected chi connectivity index (χ3v) is 10.4. The second kappa shape index (κ2) is 9.70. The summed E-state index contributed by atoms with van der Waals surface area (Å²) in [6.45, 7) is 0. The zero-order valence-electron chi connectivity index (χ0n) is 22.8. The van der Waals surface area contributed by atoms with Gasteiger partial charge in [0.15, 0.2) is 17.5 Å². The zero-order chi connectivity index (χ0) is 28.3. The summed E-state index contributed by atoms with van der Waals surface area (Å²) >= 11 is 3.75. The lowest BCUT2D eigenvalue weighted by molar-refractivity contribution is 1.07. The Morgan fingerprint density at radius 2 is 1.07 bits per heavy atom. The maximum Gasteiger partial charge on any atom is 0.164 e.